The fraction of sp³-hybridized carbons (Fsp3) is 1.00. The summed E-state index contributed by atoms with van der Waals surface area (Å²) in [5, 5.41) is 9.14. The lowest BCUT2D eigenvalue weighted by Gasteiger charge is -2.32. The molecule has 1 aliphatic heterocycles. The third-order valence-corrected chi connectivity index (χ3v) is 1.88. The normalized spacial score (nSPS) is 27.8. The smallest absolute Gasteiger partial charge is 0.135 e. The molecule has 0 aromatic carbocycles. The van der Waals surface area contributed by atoms with Crippen molar-refractivity contribution >= 4 is 7.85 Å². The molecule has 56 valence electrons. The average molecular weight is 141 g/mol. The van der Waals surface area contributed by atoms with Crippen molar-refractivity contribution in [3.63, 3.8) is 0 Å². The van der Waals surface area contributed by atoms with Gasteiger partial charge in [-0.05, 0) is 18.8 Å². The summed E-state index contributed by atoms with van der Waals surface area (Å²) in [5.41, 5.74) is 3.78. The summed E-state index contributed by atoms with van der Waals surface area (Å²) in [4.78, 5) is 0. The Bertz CT molecular complexity index is 107. The molecule has 3 N–H and O–H groups in total. The molecule has 0 saturated carbocycles. The summed E-state index contributed by atoms with van der Waals surface area (Å²) in [5.74, 6) is -0.0127. The van der Waals surface area contributed by atoms with Gasteiger partial charge in [-0.3, -0.25) is 0 Å². The predicted molar refractivity (Wildman–Crippen MR) is 38.4 cm³/mol. The third kappa shape index (κ3) is 1.97. The van der Waals surface area contributed by atoms with Crippen LogP contribution >= 0.6 is 0 Å². The maximum Gasteiger partial charge on any atom is 0.135 e. The van der Waals surface area contributed by atoms with Gasteiger partial charge in [0.15, 0.2) is 0 Å². The van der Waals surface area contributed by atoms with Gasteiger partial charge in [0.1, 0.15) is 7.85 Å². The van der Waals surface area contributed by atoms with Crippen LogP contribution in [0.4, 0.5) is 0 Å². The Morgan fingerprint density at radius 1 is 1.50 bits per heavy atom. The first-order valence-corrected chi connectivity index (χ1v) is 3.48. The largest absolute Gasteiger partial charge is 0.385 e. The molecule has 0 aliphatic carbocycles. The van der Waals surface area contributed by atoms with E-state index in [4.69, 9.17) is 23.4 Å². The van der Waals surface area contributed by atoms with E-state index in [0.29, 0.717) is 13.2 Å². The van der Waals surface area contributed by atoms with E-state index < -0.39 is 5.62 Å². The van der Waals surface area contributed by atoms with E-state index in [1.165, 1.54) is 0 Å². The molecular weight excluding hydrogens is 129 g/mol. The Morgan fingerprint density at radius 2 is 2.00 bits per heavy atom. The molecule has 1 atom stereocenters. The Balaban J connectivity index is 2.39. The van der Waals surface area contributed by atoms with Gasteiger partial charge in [-0.25, -0.2) is 0 Å². The number of aliphatic hydroxyl groups is 1. The number of ether oxygens (including phenoxy) is 1. The molecule has 1 aliphatic rings. The van der Waals surface area contributed by atoms with Gasteiger partial charge in [0.25, 0.3) is 0 Å². The highest BCUT2D eigenvalue weighted by atomic mass is 16.5. The lowest BCUT2D eigenvalue weighted by molar-refractivity contribution is -0.0114. The second-order valence-electron chi connectivity index (χ2n) is 2.77. The van der Waals surface area contributed by atoms with Gasteiger partial charge < -0.3 is 15.6 Å². The van der Waals surface area contributed by atoms with E-state index in [0.717, 1.165) is 12.8 Å². The fourth-order valence-corrected chi connectivity index (χ4v) is 1.16. The molecule has 10 heavy (non-hydrogen) atoms. The van der Waals surface area contributed by atoms with E-state index >= 15 is 0 Å². The summed E-state index contributed by atoms with van der Waals surface area (Å²) in [6.07, 6.45) is 1.51. The van der Waals surface area contributed by atoms with Gasteiger partial charge in [-0.15, -0.1) is 0 Å². The minimum atomic E-state index is -1.51. The van der Waals surface area contributed by atoms with Crippen LogP contribution in [-0.2, 0) is 4.74 Å². The second-order valence-corrected chi connectivity index (χ2v) is 2.77. The molecule has 0 amide bonds. The standard InChI is InChI=1S/C6H12BNO2/c7-6(8,9)5-1-3-10-4-2-5/h5,9H,1-4,8H2. The van der Waals surface area contributed by atoms with Crippen molar-refractivity contribution in [1.29, 1.82) is 0 Å². The first kappa shape index (κ1) is 8.05. The number of rotatable bonds is 1. The van der Waals surface area contributed by atoms with E-state index in [9.17, 15) is 0 Å². The predicted octanol–water partition coefficient (Wildman–Crippen LogP) is -0.814. The number of hydrogen-bond donors (Lipinski definition) is 2. The Labute approximate surface area is 62.0 Å². The van der Waals surface area contributed by atoms with Gasteiger partial charge in [0, 0.05) is 13.2 Å². The molecule has 1 fully saturated rings. The fourth-order valence-electron chi connectivity index (χ4n) is 1.16. The van der Waals surface area contributed by atoms with Gasteiger partial charge in [0.2, 0.25) is 0 Å². The Morgan fingerprint density at radius 3 is 2.30 bits per heavy atom. The molecule has 1 heterocycles. The van der Waals surface area contributed by atoms with Crippen molar-refractivity contribution in [3.8, 4) is 0 Å². The van der Waals surface area contributed by atoms with Gasteiger partial charge >= 0.3 is 0 Å². The minimum Gasteiger partial charge on any atom is -0.385 e. The topological polar surface area (TPSA) is 55.5 Å². The van der Waals surface area contributed by atoms with Crippen molar-refractivity contribution in [3.05, 3.63) is 0 Å². The van der Waals surface area contributed by atoms with E-state index in [1.54, 1.807) is 0 Å². The van der Waals surface area contributed by atoms with Crippen molar-refractivity contribution in [2.45, 2.75) is 18.5 Å². The average Bonchev–Trinajstić information content (AvgIpc) is 1.88. The summed E-state index contributed by atoms with van der Waals surface area (Å²) in [6, 6.07) is 0. The number of nitrogens with two attached hydrogens (primary N) is 1. The zero-order valence-corrected chi connectivity index (χ0v) is 5.92. The molecule has 0 aromatic heterocycles. The van der Waals surface area contributed by atoms with Crippen LogP contribution in [-0.4, -0.2) is 31.8 Å². The van der Waals surface area contributed by atoms with Crippen molar-refractivity contribution < 1.29 is 9.84 Å². The molecule has 1 unspecified atom stereocenters. The van der Waals surface area contributed by atoms with E-state index in [1.807, 2.05) is 0 Å². The molecule has 0 spiro atoms. The minimum absolute atomic E-state index is 0.0127. The molecule has 0 bridgehead atoms. The lowest BCUT2D eigenvalue weighted by atomic mass is 9.76. The zero-order valence-electron chi connectivity index (χ0n) is 5.92. The molecular formula is C6H12BNO2. The Hall–Kier alpha value is -0.0551. The van der Waals surface area contributed by atoms with Crippen molar-refractivity contribution in [1.82, 2.24) is 0 Å². The monoisotopic (exact) mass is 141 g/mol. The maximum absolute atomic E-state index is 9.14. The van der Waals surface area contributed by atoms with Gasteiger partial charge in [0.05, 0.1) is 5.62 Å². The lowest BCUT2D eigenvalue weighted by Crippen LogP contribution is -2.49. The van der Waals surface area contributed by atoms with E-state index in [-0.39, 0.29) is 5.92 Å². The number of hydrogen-bond acceptors (Lipinski definition) is 3. The summed E-state index contributed by atoms with van der Waals surface area (Å²) in [6.45, 7) is 1.31. The highest BCUT2D eigenvalue weighted by molar-refractivity contribution is 6.13. The molecule has 2 radical (unpaired) electrons. The van der Waals surface area contributed by atoms with E-state index in [2.05, 4.69) is 0 Å². The summed E-state index contributed by atoms with van der Waals surface area (Å²) < 4.78 is 5.07. The van der Waals surface area contributed by atoms with Gasteiger partial charge in [-0.1, -0.05) is 0 Å². The van der Waals surface area contributed by atoms with Crippen LogP contribution in [0.15, 0.2) is 0 Å². The Kier molecular flexibility index (Phi) is 2.34. The SMILES string of the molecule is [B]C(N)(O)C1CCOCC1. The van der Waals surface area contributed by atoms with Crippen LogP contribution in [0.3, 0.4) is 0 Å². The van der Waals surface area contributed by atoms with Crippen LogP contribution < -0.4 is 5.73 Å². The second kappa shape index (κ2) is 2.90. The quantitative estimate of drug-likeness (QED) is 0.370. The van der Waals surface area contributed by atoms with Gasteiger partial charge in [-0.2, -0.15) is 0 Å². The van der Waals surface area contributed by atoms with Crippen LogP contribution in [0.1, 0.15) is 12.8 Å². The highest BCUT2D eigenvalue weighted by Gasteiger charge is 2.28. The van der Waals surface area contributed by atoms with Crippen LogP contribution in [0.2, 0.25) is 0 Å². The van der Waals surface area contributed by atoms with Crippen LogP contribution in [0.5, 0.6) is 0 Å². The first-order valence-electron chi connectivity index (χ1n) is 3.48. The van der Waals surface area contributed by atoms with Crippen molar-refractivity contribution in [2.75, 3.05) is 13.2 Å². The maximum atomic E-state index is 9.14. The van der Waals surface area contributed by atoms with Crippen LogP contribution in [0, 0.1) is 5.92 Å². The third-order valence-electron chi connectivity index (χ3n) is 1.88. The first-order chi connectivity index (χ1) is 4.61. The summed E-state index contributed by atoms with van der Waals surface area (Å²) >= 11 is 0. The molecule has 3 nitrogen and oxygen atoms in total. The summed E-state index contributed by atoms with van der Waals surface area (Å²) in [7, 11) is 5.29. The highest BCUT2D eigenvalue weighted by Crippen LogP contribution is 2.20. The molecule has 1 saturated heterocycles. The zero-order chi connectivity index (χ0) is 7.61. The molecule has 4 heteroatoms. The van der Waals surface area contributed by atoms with Crippen molar-refractivity contribution in [2.24, 2.45) is 11.7 Å². The van der Waals surface area contributed by atoms with Crippen LogP contribution in [0.25, 0.3) is 0 Å². The molecule has 1 rings (SSSR count). The molecule has 0 aromatic rings.